The largest absolute Gasteiger partial charge is 0.355 e. The van der Waals surface area contributed by atoms with E-state index < -0.39 is 0 Å². The molecule has 0 aliphatic heterocycles. The number of aromatic nitrogens is 2. The number of anilines is 1. The zero-order chi connectivity index (χ0) is 14.2. The van der Waals surface area contributed by atoms with Gasteiger partial charge in [0.15, 0.2) is 0 Å². The summed E-state index contributed by atoms with van der Waals surface area (Å²) in [6, 6.07) is 0.719. The third-order valence-corrected chi connectivity index (χ3v) is 3.71. The lowest BCUT2D eigenvalue weighted by Crippen LogP contribution is -2.27. The summed E-state index contributed by atoms with van der Waals surface area (Å²) < 4.78 is 0. The van der Waals surface area contributed by atoms with Gasteiger partial charge in [0.25, 0.3) is 0 Å². The Bertz CT molecular complexity index is 382. The number of hydrogen-bond donors (Lipinski definition) is 1. The van der Waals surface area contributed by atoms with Crippen molar-refractivity contribution in [2.45, 2.75) is 65.0 Å². The van der Waals surface area contributed by atoms with Gasteiger partial charge in [-0.2, -0.15) is 0 Å². The van der Waals surface area contributed by atoms with Crippen molar-refractivity contribution in [2.24, 2.45) is 0 Å². The van der Waals surface area contributed by atoms with Crippen LogP contribution in [0.25, 0.3) is 0 Å². The Morgan fingerprint density at radius 2 is 1.85 bits per heavy atom. The van der Waals surface area contributed by atoms with Crippen LogP contribution in [0, 0.1) is 0 Å². The molecule has 0 bridgehead atoms. The highest BCUT2D eigenvalue weighted by atomic mass is 15.2. The first kappa shape index (κ1) is 15.2. The molecule has 1 aromatic heterocycles. The molecule has 20 heavy (non-hydrogen) atoms. The summed E-state index contributed by atoms with van der Waals surface area (Å²) in [4.78, 5) is 11.5. The van der Waals surface area contributed by atoms with Crippen LogP contribution in [0.3, 0.4) is 0 Å². The molecule has 0 unspecified atom stereocenters. The van der Waals surface area contributed by atoms with Crippen molar-refractivity contribution in [3.05, 3.63) is 18.1 Å². The summed E-state index contributed by atoms with van der Waals surface area (Å²) >= 11 is 0. The zero-order valence-electron chi connectivity index (χ0n) is 12.9. The molecule has 1 aromatic rings. The molecule has 0 radical (unpaired) electrons. The van der Waals surface area contributed by atoms with Crippen LogP contribution in [0.4, 0.5) is 5.82 Å². The van der Waals surface area contributed by atoms with Crippen LogP contribution in [0.1, 0.15) is 58.1 Å². The number of nitrogens with one attached hydrogen (secondary N) is 1. The molecule has 1 fully saturated rings. The molecule has 1 aliphatic rings. The highest BCUT2D eigenvalue weighted by Gasteiger charge is 2.20. The fourth-order valence-corrected chi connectivity index (χ4v) is 2.21. The summed E-state index contributed by atoms with van der Waals surface area (Å²) in [6.45, 7) is 7.50. The predicted molar refractivity (Wildman–Crippen MR) is 83.9 cm³/mol. The van der Waals surface area contributed by atoms with E-state index in [-0.39, 0.29) is 0 Å². The van der Waals surface area contributed by atoms with Crippen LogP contribution in [0.2, 0.25) is 0 Å². The molecular formula is C16H28N4. The Morgan fingerprint density at radius 1 is 1.15 bits per heavy atom. The van der Waals surface area contributed by atoms with Gasteiger partial charge in [-0.3, -0.25) is 4.98 Å². The van der Waals surface area contributed by atoms with Crippen molar-refractivity contribution in [1.82, 2.24) is 15.3 Å². The Hall–Kier alpha value is -1.16. The Kier molecular flexibility index (Phi) is 6.25. The van der Waals surface area contributed by atoms with E-state index in [2.05, 4.69) is 29.0 Å². The predicted octanol–water partition coefficient (Wildman–Crippen LogP) is 3.14. The number of unbranched alkanes of at least 4 members (excludes halogenated alkanes) is 2. The van der Waals surface area contributed by atoms with Crippen molar-refractivity contribution in [3.63, 3.8) is 0 Å². The number of rotatable bonds is 10. The average molecular weight is 276 g/mol. The van der Waals surface area contributed by atoms with Gasteiger partial charge in [0.2, 0.25) is 0 Å². The van der Waals surface area contributed by atoms with Gasteiger partial charge in [0, 0.05) is 31.9 Å². The molecule has 1 saturated carbocycles. The van der Waals surface area contributed by atoms with Gasteiger partial charge >= 0.3 is 0 Å². The van der Waals surface area contributed by atoms with Crippen molar-refractivity contribution in [1.29, 1.82) is 0 Å². The Balaban J connectivity index is 1.95. The molecule has 0 saturated heterocycles. The first-order valence-corrected chi connectivity index (χ1v) is 8.12. The second-order valence-electron chi connectivity index (χ2n) is 5.72. The van der Waals surface area contributed by atoms with Gasteiger partial charge in [0.1, 0.15) is 5.82 Å². The molecule has 0 atom stereocenters. The minimum atomic E-state index is 0.719. The third kappa shape index (κ3) is 5.08. The second-order valence-corrected chi connectivity index (χ2v) is 5.72. The van der Waals surface area contributed by atoms with Crippen LogP contribution in [0.5, 0.6) is 0 Å². The first-order valence-electron chi connectivity index (χ1n) is 8.12. The summed E-state index contributed by atoms with van der Waals surface area (Å²) in [7, 11) is 0. The molecule has 1 heterocycles. The molecule has 0 amide bonds. The topological polar surface area (TPSA) is 41.1 Å². The molecule has 0 aromatic carbocycles. The third-order valence-electron chi connectivity index (χ3n) is 3.71. The highest BCUT2D eigenvalue weighted by Crippen LogP contribution is 2.19. The molecule has 4 nitrogen and oxygen atoms in total. The molecule has 0 spiro atoms. The molecule has 4 heteroatoms. The molecule has 1 aliphatic carbocycles. The van der Waals surface area contributed by atoms with Gasteiger partial charge in [-0.1, -0.05) is 26.7 Å². The summed E-state index contributed by atoms with van der Waals surface area (Å²) in [5.41, 5.74) is 1.06. The fourth-order valence-electron chi connectivity index (χ4n) is 2.21. The first-order chi connectivity index (χ1) is 9.83. The minimum Gasteiger partial charge on any atom is -0.355 e. The molecular weight excluding hydrogens is 248 g/mol. The van der Waals surface area contributed by atoms with E-state index in [4.69, 9.17) is 4.98 Å². The second kappa shape index (κ2) is 8.20. The Labute approximate surface area is 123 Å². The summed E-state index contributed by atoms with van der Waals surface area (Å²) in [6.07, 6.45) is 11.3. The average Bonchev–Trinajstić information content (AvgIpc) is 3.30. The van der Waals surface area contributed by atoms with Gasteiger partial charge in [-0.05, 0) is 25.7 Å². The van der Waals surface area contributed by atoms with Gasteiger partial charge in [-0.25, -0.2) is 4.98 Å². The number of hydrogen-bond acceptors (Lipinski definition) is 4. The summed E-state index contributed by atoms with van der Waals surface area (Å²) in [5, 5.41) is 3.50. The lowest BCUT2D eigenvalue weighted by atomic mass is 10.2. The SMILES string of the molecule is CCCCN(CCCC)c1cncc(CNC2CC2)n1. The van der Waals surface area contributed by atoms with Crippen LogP contribution in [-0.4, -0.2) is 29.1 Å². The fraction of sp³-hybridized carbons (Fsp3) is 0.750. The quantitative estimate of drug-likeness (QED) is 0.713. The zero-order valence-corrected chi connectivity index (χ0v) is 12.9. The van der Waals surface area contributed by atoms with Crippen molar-refractivity contribution < 1.29 is 0 Å². The molecule has 1 N–H and O–H groups in total. The van der Waals surface area contributed by atoms with Gasteiger partial charge < -0.3 is 10.2 Å². The highest BCUT2D eigenvalue weighted by molar-refractivity contribution is 5.36. The van der Waals surface area contributed by atoms with Crippen LogP contribution in [-0.2, 0) is 6.54 Å². The van der Waals surface area contributed by atoms with Crippen molar-refractivity contribution in [3.8, 4) is 0 Å². The minimum absolute atomic E-state index is 0.719. The maximum Gasteiger partial charge on any atom is 0.147 e. The van der Waals surface area contributed by atoms with E-state index in [0.29, 0.717) is 0 Å². The van der Waals surface area contributed by atoms with Gasteiger partial charge in [-0.15, -0.1) is 0 Å². The van der Waals surface area contributed by atoms with E-state index in [0.717, 1.165) is 37.2 Å². The standard InChI is InChI=1S/C16H28N4/c1-3-5-9-20(10-6-4-2)16-13-17-11-15(19-16)12-18-14-7-8-14/h11,13-14,18H,3-10,12H2,1-2H3. The van der Waals surface area contributed by atoms with E-state index in [9.17, 15) is 0 Å². The van der Waals surface area contributed by atoms with Crippen LogP contribution < -0.4 is 10.2 Å². The Morgan fingerprint density at radius 3 is 2.45 bits per heavy atom. The smallest absolute Gasteiger partial charge is 0.147 e. The maximum atomic E-state index is 4.78. The maximum absolute atomic E-state index is 4.78. The normalized spacial score (nSPS) is 14.5. The monoisotopic (exact) mass is 276 g/mol. The van der Waals surface area contributed by atoms with E-state index in [1.807, 2.05) is 12.4 Å². The molecule has 112 valence electrons. The van der Waals surface area contributed by atoms with E-state index in [1.54, 1.807) is 0 Å². The van der Waals surface area contributed by atoms with Crippen LogP contribution in [0.15, 0.2) is 12.4 Å². The van der Waals surface area contributed by atoms with E-state index >= 15 is 0 Å². The van der Waals surface area contributed by atoms with E-state index in [1.165, 1.54) is 38.5 Å². The lowest BCUT2D eigenvalue weighted by Gasteiger charge is -2.23. The molecule has 2 rings (SSSR count). The van der Waals surface area contributed by atoms with Crippen molar-refractivity contribution in [2.75, 3.05) is 18.0 Å². The van der Waals surface area contributed by atoms with Gasteiger partial charge in [0.05, 0.1) is 11.9 Å². The van der Waals surface area contributed by atoms with Crippen molar-refractivity contribution >= 4 is 5.82 Å². The lowest BCUT2D eigenvalue weighted by molar-refractivity contribution is 0.652. The van der Waals surface area contributed by atoms with Crippen LogP contribution >= 0.6 is 0 Å². The number of nitrogens with zero attached hydrogens (tertiary/aromatic N) is 3. The summed E-state index contributed by atoms with van der Waals surface area (Å²) in [5.74, 6) is 1.04.